The smallest absolute Gasteiger partial charge is 0.232 e. The van der Waals surface area contributed by atoms with Crippen LogP contribution in [-0.2, 0) is 4.79 Å². The van der Waals surface area contributed by atoms with Crippen LogP contribution < -0.4 is 5.32 Å². The number of hydrogen-bond donors (Lipinski definition) is 2. The molecular weight excluding hydrogens is 322 g/mol. The Balaban J connectivity index is 1.66. The van der Waals surface area contributed by atoms with E-state index in [-0.39, 0.29) is 11.8 Å². The molecule has 2 aromatic carbocycles. The average molecular weight is 345 g/mol. The summed E-state index contributed by atoms with van der Waals surface area (Å²) in [6, 6.07) is 20.0. The van der Waals surface area contributed by atoms with E-state index < -0.39 is 0 Å². The molecule has 4 heteroatoms. The maximum atomic E-state index is 13.1. The molecule has 0 spiro atoms. The van der Waals surface area contributed by atoms with Crippen LogP contribution in [0.15, 0.2) is 60.7 Å². The fourth-order valence-corrected chi connectivity index (χ4v) is 3.42. The minimum Gasteiger partial charge on any atom is -0.322 e. The summed E-state index contributed by atoms with van der Waals surface area (Å²) in [5.41, 5.74) is 4.78. The third-order valence-electron chi connectivity index (χ3n) is 5.00. The lowest BCUT2D eigenvalue weighted by atomic mass is 9.95. The first-order chi connectivity index (χ1) is 12.8. The Morgan fingerprint density at radius 2 is 1.77 bits per heavy atom. The topological polar surface area (TPSA) is 57.8 Å². The van der Waals surface area contributed by atoms with E-state index in [1.54, 1.807) is 0 Å². The van der Waals surface area contributed by atoms with Gasteiger partial charge in [0.15, 0.2) is 0 Å². The number of anilines is 1. The highest BCUT2D eigenvalue weighted by Gasteiger charge is 2.31. The van der Waals surface area contributed by atoms with Crippen molar-refractivity contribution in [1.29, 1.82) is 0 Å². The van der Waals surface area contributed by atoms with Gasteiger partial charge in [0.2, 0.25) is 5.91 Å². The summed E-state index contributed by atoms with van der Waals surface area (Å²) in [5.74, 6) is 0.341. The van der Waals surface area contributed by atoms with Crippen molar-refractivity contribution in [2.45, 2.75) is 38.0 Å². The van der Waals surface area contributed by atoms with E-state index in [4.69, 9.17) is 0 Å². The summed E-state index contributed by atoms with van der Waals surface area (Å²) >= 11 is 0. The van der Waals surface area contributed by atoms with Crippen molar-refractivity contribution in [2.24, 2.45) is 0 Å². The lowest BCUT2D eigenvalue weighted by molar-refractivity contribution is -0.117. The van der Waals surface area contributed by atoms with Crippen molar-refractivity contribution < 1.29 is 4.79 Å². The molecule has 1 heterocycles. The molecule has 1 fully saturated rings. The molecule has 1 atom stereocenters. The largest absolute Gasteiger partial charge is 0.322 e. The maximum Gasteiger partial charge on any atom is 0.232 e. The summed E-state index contributed by atoms with van der Waals surface area (Å²) in [6.45, 7) is 2.05. The van der Waals surface area contributed by atoms with Gasteiger partial charge in [-0.2, -0.15) is 5.10 Å². The highest BCUT2D eigenvalue weighted by molar-refractivity contribution is 5.99. The van der Waals surface area contributed by atoms with Gasteiger partial charge in [-0.15, -0.1) is 0 Å². The zero-order valence-corrected chi connectivity index (χ0v) is 14.9. The summed E-state index contributed by atoms with van der Waals surface area (Å²) in [7, 11) is 0. The van der Waals surface area contributed by atoms with Gasteiger partial charge in [0.1, 0.15) is 5.69 Å². The third kappa shape index (κ3) is 3.27. The molecular formula is C22H23N3O. The molecule has 1 unspecified atom stereocenters. The Bertz CT molecular complexity index is 882. The van der Waals surface area contributed by atoms with Crippen LogP contribution in [-0.4, -0.2) is 16.1 Å². The Hall–Kier alpha value is -2.88. The fraction of sp³-hybridized carbons (Fsp3) is 0.273. The number of H-pyrrole nitrogens is 1. The second kappa shape index (κ2) is 7.16. The van der Waals surface area contributed by atoms with E-state index in [0.717, 1.165) is 47.5 Å². The molecule has 26 heavy (non-hydrogen) atoms. The monoisotopic (exact) mass is 345 g/mol. The molecule has 3 aromatic rings. The standard InChI is InChI=1S/C22H23N3O/c1-2-18(15-9-5-3-6-10-15)22(26)23-21-19(16-11-7-4-8-12-16)24-25-20(21)17-13-14-17/h3-12,17-18H,2,13-14H2,1H3,(H,23,26)(H,24,25). The van der Waals surface area contributed by atoms with Crippen molar-refractivity contribution in [3.05, 3.63) is 71.9 Å². The molecule has 1 amide bonds. The van der Waals surface area contributed by atoms with Gasteiger partial charge >= 0.3 is 0 Å². The number of amides is 1. The van der Waals surface area contributed by atoms with Crippen LogP contribution >= 0.6 is 0 Å². The highest BCUT2D eigenvalue weighted by atomic mass is 16.1. The lowest BCUT2D eigenvalue weighted by Gasteiger charge is -2.16. The van der Waals surface area contributed by atoms with Gasteiger partial charge in [0, 0.05) is 11.5 Å². The van der Waals surface area contributed by atoms with Crippen molar-refractivity contribution in [2.75, 3.05) is 5.32 Å². The zero-order chi connectivity index (χ0) is 17.9. The molecule has 0 aliphatic heterocycles. The number of nitrogens with zero attached hydrogens (tertiary/aromatic N) is 1. The van der Waals surface area contributed by atoms with E-state index in [2.05, 4.69) is 15.5 Å². The van der Waals surface area contributed by atoms with Crippen LogP contribution in [0.2, 0.25) is 0 Å². The Morgan fingerprint density at radius 3 is 2.38 bits per heavy atom. The fourth-order valence-electron chi connectivity index (χ4n) is 3.42. The minimum atomic E-state index is -0.165. The molecule has 1 aliphatic carbocycles. The molecule has 1 aromatic heterocycles. The number of aromatic amines is 1. The Kier molecular flexibility index (Phi) is 4.57. The van der Waals surface area contributed by atoms with Gasteiger partial charge in [-0.25, -0.2) is 0 Å². The van der Waals surface area contributed by atoms with Gasteiger partial charge in [-0.05, 0) is 24.8 Å². The highest BCUT2D eigenvalue weighted by Crippen LogP contribution is 2.45. The molecule has 1 aliphatic rings. The molecule has 4 nitrogen and oxygen atoms in total. The normalized spacial score (nSPS) is 14.8. The van der Waals surface area contributed by atoms with E-state index in [1.165, 1.54) is 0 Å². The van der Waals surface area contributed by atoms with Gasteiger partial charge in [-0.1, -0.05) is 67.6 Å². The molecule has 0 bridgehead atoms. The predicted molar refractivity (Wildman–Crippen MR) is 104 cm³/mol. The first-order valence-corrected chi connectivity index (χ1v) is 9.27. The SMILES string of the molecule is CCC(C(=O)Nc1c(-c2ccccc2)n[nH]c1C1CC1)c1ccccc1. The van der Waals surface area contributed by atoms with Gasteiger partial charge < -0.3 is 5.32 Å². The first kappa shape index (κ1) is 16.6. The number of carbonyl (C=O) groups excluding carboxylic acids is 1. The van der Waals surface area contributed by atoms with Crippen LogP contribution in [0.5, 0.6) is 0 Å². The molecule has 4 rings (SSSR count). The minimum absolute atomic E-state index is 0.0270. The second-order valence-electron chi connectivity index (χ2n) is 6.86. The van der Waals surface area contributed by atoms with Crippen LogP contribution in [0, 0.1) is 0 Å². The lowest BCUT2D eigenvalue weighted by Crippen LogP contribution is -2.21. The number of nitrogens with one attached hydrogen (secondary N) is 2. The summed E-state index contributed by atoms with van der Waals surface area (Å²) in [6.07, 6.45) is 3.05. The van der Waals surface area contributed by atoms with E-state index >= 15 is 0 Å². The number of carbonyl (C=O) groups is 1. The summed E-state index contributed by atoms with van der Waals surface area (Å²) in [4.78, 5) is 13.1. The van der Waals surface area contributed by atoms with Gasteiger partial charge in [-0.3, -0.25) is 9.89 Å². The van der Waals surface area contributed by atoms with Crippen LogP contribution in [0.25, 0.3) is 11.3 Å². The first-order valence-electron chi connectivity index (χ1n) is 9.27. The summed E-state index contributed by atoms with van der Waals surface area (Å²) < 4.78 is 0. The van der Waals surface area contributed by atoms with Crippen molar-refractivity contribution in [3.63, 3.8) is 0 Å². The second-order valence-corrected chi connectivity index (χ2v) is 6.86. The Labute approximate surface area is 153 Å². The molecule has 0 radical (unpaired) electrons. The Morgan fingerprint density at radius 1 is 1.12 bits per heavy atom. The molecule has 2 N–H and O–H groups in total. The number of hydrogen-bond acceptors (Lipinski definition) is 2. The van der Waals surface area contributed by atoms with E-state index in [1.807, 2.05) is 67.6 Å². The quantitative estimate of drug-likeness (QED) is 0.654. The third-order valence-corrected chi connectivity index (χ3v) is 5.00. The van der Waals surface area contributed by atoms with Crippen molar-refractivity contribution >= 4 is 11.6 Å². The van der Waals surface area contributed by atoms with Gasteiger partial charge in [0.25, 0.3) is 0 Å². The number of rotatable bonds is 6. The van der Waals surface area contributed by atoms with Gasteiger partial charge in [0.05, 0.1) is 17.3 Å². The number of aromatic nitrogens is 2. The molecule has 132 valence electrons. The van der Waals surface area contributed by atoms with Crippen LogP contribution in [0.3, 0.4) is 0 Å². The summed E-state index contributed by atoms with van der Waals surface area (Å²) in [5, 5.41) is 10.9. The van der Waals surface area contributed by atoms with E-state index in [0.29, 0.717) is 5.92 Å². The molecule has 0 saturated heterocycles. The van der Waals surface area contributed by atoms with Crippen molar-refractivity contribution in [3.8, 4) is 11.3 Å². The average Bonchev–Trinajstić information content (AvgIpc) is 3.45. The van der Waals surface area contributed by atoms with Crippen LogP contribution in [0.1, 0.15) is 49.3 Å². The number of benzene rings is 2. The maximum absolute atomic E-state index is 13.1. The van der Waals surface area contributed by atoms with Crippen molar-refractivity contribution in [1.82, 2.24) is 10.2 Å². The van der Waals surface area contributed by atoms with E-state index in [9.17, 15) is 4.79 Å². The molecule has 1 saturated carbocycles. The predicted octanol–water partition coefficient (Wildman–Crippen LogP) is 5.09. The van der Waals surface area contributed by atoms with Crippen LogP contribution in [0.4, 0.5) is 5.69 Å². The zero-order valence-electron chi connectivity index (χ0n) is 14.9.